The molecular weight excluding hydrogens is 472 g/mol. The van der Waals surface area contributed by atoms with Crippen LogP contribution in [-0.2, 0) is 24.3 Å². The molecule has 1 aliphatic heterocycles. The van der Waals surface area contributed by atoms with Crippen LogP contribution >= 0.6 is 0 Å². The Morgan fingerprint density at radius 1 is 0.971 bits per heavy atom. The number of piperazine rings is 1. The largest absolute Gasteiger partial charge is 0.497 e. The summed E-state index contributed by atoms with van der Waals surface area (Å²) in [6.45, 7) is 4.05. The van der Waals surface area contributed by atoms with E-state index in [0.29, 0.717) is 22.6 Å². The maximum absolute atomic E-state index is 13.0. The summed E-state index contributed by atoms with van der Waals surface area (Å²) in [4.78, 5) is 26.4. The number of aryl methyl sites for hydroxylation is 2. The van der Waals surface area contributed by atoms with Gasteiger partial charge in [-0.3, -0.25) is 4.79 Å². The smallest absolute Gasteiger partial charge is 0.331 e. The predicted octanol–water partition coefficient (Wildman–Crippen LogP) is 2.41. The Morgan fingerprint density at radius 3 is 2.31 bits per heavy atom. The molecule has 1 aliphatic rings. The molecule has 9 nitrogen and oxygen atoms in total. The van der Waals surface area contributed by atoms with Crippen LogP contribution < -0.4 is 9.47 Å². The Bertz CT molecular complexity index is 1220. The van der Waals surface area contributed by atoms with Gasteiger partial charge in [-0.2, -0.15) is 4.31 Å². The van der Waals surface area contributed by atoms with Crippen molar-refractivity contribution < 1.29 is 32.2 Å². The van der Waals surface area contributed by atoms with Crippen molar-refractivity contribution in [2.75, 3.05) is 47.0 Å². The van der Waals surface area contributed by atoms with Crippen LogP contribution in [0, 0.1) is 13.8 Å². The van der Waals surface area contributed by atoms with E-state index in [4.69, 9.17) is 14.2 Å². The Hall–Kier alpha value is -3.37. The molecule has 1 fully saturated rings. The van der Waals surface area contributed by atoms with Crippen LogP contribution in [0.25, 0.3) is 6.08 Å². The zero-order chi connectivity index (χ0) is 25.6. The van der Waals surface area contributed by atoms with Crippen molar-refractivity contribution in [2.24, 2.45) is 0 Å². The number of benzene rings is 2. The maximum atomic E-state index is 13.0. The van der Waals surface area contributed by atoms with Crippen LogP contribution in [0.15, 0.2) is 47.4 Å². The number of sulfonamides is 1. The fraction of sp³-hybridized carbons (Fsp3) is 0.360. The maximum Gasteiger partial charge on any atom is 0.331 e. The first-order valence-corrected chi connectivity index (χ1v) is 12.5. The van der Waals surface area contributed by atoms with E-state index in [0.717, 1.165) is 5.56 Å². The molecule has 0 aromatic heterocycles. The van der Waals surface area contributed by atoms with Gasteiger partial charge in [-0.15, -0.1) is 0 Å². The third-order valence-corrected chi connectivity index (χ3v) is 7.78. The molecule has 3 rings (SSSR count). The van der Waals surface area contributed by atoms with E-state index in [9.17, 15) is 18.0 Å². The van der Waals surface area contributed by atoms with Gasteiger partial charge in [-0.25, -0.2) is 13.2 Å². The molecule has 1 heterocycles. The minimum absolute atomic E-state index is 0.173. The lowest BCUT2D eigenvalue weighted by Gasteiger charge is -2.34. The van der Waals surface area contributed by atoms with Crippen molar-refractivity contribution in [2.45, 2.75) is 18.7 Å². The van der Waals surface area contributed by atoms with Gasteiger partial charge in [0.2, 0.25) is 10.0 Å². The first kappa shape index (κ1) is 26.2. The van der Waals surface area contributed by atoms with Crippen molar-refractivity contribution >= 4 is 28.0 Å². The van der Waals surface area contributed by atoms with E-state index < -0.39 is 22.6 Å². The summed E-state index contributed by atoms with van der Waals surface area (Å²) >= 11 is 0. The fourth-order valence-electron chi connectivity index (χ4n) is 3.79. The van der Waals surface area contributed by atoms with Crippen molar-refractivity contribution in [3.05, 3.63) is 59.2 Å². The van der Waals surface area contributed by atoms with Gasteiger partial charge in [0.25, 0.3) is 5.91 Å². The molecule has 0 saturated carbocycles. The van der Waals surface area contributed by atoms with E-state index in [1.54, 1.807) is 44.4 Å². The monoisotopic (exact) mass is 502 g/mol. The summed E-state index contributed by atoms with van der Waals surface area (Å²) in [6.07, 6.45) is 2.74. The molecule has 0 unspecified atom stereocenters. The molecule has 0 radical (unpaired) electrons. The zero-order valence-corrected chi connectivity index (χ0v) is 21.1. The minimum Gasteiger partial charge on any atom is -0.497 e. The second-order valence-corrected chi connectivity index (χ2v) is 10.0. The quantitative estimate of drug-likeness (QED) is 0.403. The highest BCUT2D eigenvalue weighted by Gasteiger charge is 2.31. The summed E-state index contributed by atoms with van der Waals surface area (Å²) in [7, 11) is -0.592. The lowest BCUT2D eigenvalue weighted by atomic mass is 10.2. The number of carbonyl (C=O) groups excluding carboxylic acids is 2. The molecule has 0 N–H and O–H groups in total. The van der Waals surface area contributed by atoms with Gasteiger partial charge in [0.05, 0.1) is 19.1 Å². The topological polar surface area (TPSA) is 102 Å². The molecule has 0 bridgehead atoms. The Balaban J connectivity index is 1.51. The standard InChI is InChI=1S/C25H30N2O7S/c1-18-5-9-23(19(2)15-18)35(30,31)27-13-11-26(12-14-27)24(28)17-34-25(29)10-7-20-6-8-21(32-3)16-22(20)33-4/h5-10,15-16H,11-14,17H2,1-4H3/b10-7+. The molecule has 1 saturated heterocycles. The van der Waals surface area contributed by atoms with Gasteiger partial charge >= 0.3 is 5.97 Å². The van der Waals surface area contributed by atoms with Gasteiger partial charge in [-0.05, 0) is 43.7 Å². The van der Waals surface area contributed by atoms with Crippen molar-refractivity contribution in [1.29, 1.82) is 0 Å². The summed E-state index contributed by atoms with van der Waals surface area (Å²) < 4.78 is 42.9. The number of hydrogen-bond acceptors (Lipinski definition) is 7. The molecule has 10 heteroatoms. The highest BCUT2D eigenvalue weighted by Crippen LogP contribution is 2.25. The van der Waals surface area contributed by atoms with Crippen molar-refractivity contribution in [3.8, 4) is 11.5 Å². The molecule has 1 amide bonds. The lowest BCUT2D eigenvalue weighted by Crippen LogP contribution is -2.51. The highest BCUT2D eigenvalue weighted by molar-refractivity contribution is 7.89. The first-order chi connectivity index (χ1) is 16.6. The number of esters is 1. The lowest BCUT2D eigenvalue weighted by molar-refractivity contribution is -0.148. The van der Waals surface area contributed by atoms with Crippen LogP contribution in [0.5, 0.6) is 11.5 Å². The van der Waals surface area contributed by atoms with Crippen LogP contribution in [0.2, 0.25) is 0 Å². The summed E-state index contributed by atoms with van der Waals surface area (Å²) in [5, 5.41) is 0. The second-order valence-electron chi connectivity index (χ2n) is 8.10. The van der Waals surface area contributed by atoms with Crippen LogP contribution in [0.4, 0.5) is 0 Å². The summed E-state index contributed by atoms with van der Waals surface area (Å²) in [5.41, 5.74) is 2.33. The number of rotatable bonds is 8. The van der Waals surface area contributed by atoms with Crippen molar-refractivity contribution in [3.63, 3.8) is 0 Å². The normalized spacial score (nSPS) is 14.7. The first-order valence-electron chi connectivity index (χ1n) is 11.1. The predicted molar refractivity (Wildman–Crippen MR) is 131 cm³/mol. The number of ether oxygens (including phenoxy) is 3. The zero-order valence-electron chi connectivity index (χ0n) is 20.3. The molecular formula is C25H30N2O7S. The van der Waals surface area contributed by atoms with Gasteiger partial charge in [0.1, 0.15) is 11.5 Å². The molecule has 0 spiro atoms. The Morgan fingerprint density at radius 2 is 1.69 bits per heavy atom. The summed E-state index contributed by atoms with van der Waals surface area (Å²) in [6, 6.07) is 10.4. The Labute approximate surface area is 205 Å². The van der Waals surface area contributed by atoms with Gasteiger partial charge < -0.3 is 19.1 Å². The molecule has 35 heavy (non-hydrogen) atoms. The second kappa shape index (κ2) is 11.4. The molecule has 0 aliphatic carbocycles. The molecule has 188 valence electrons. The van der Waals surface area contributed by atoms with Crippen LogP contribution in [-0.4, -0.2) is 76.5 Å². The molecule has 2 aromatic rings. The number of nitrogens with zero attached hydrogens (tertiary/aromatic N) is 2. The number of hydrogen-bond donors (Lipinski definition) is 0. The Kier molecular flexibility index (Phi) is 8.52. The third-order valence-electron chi connectivity index (χ3n) is 5.72. The SMILES string of the molecule is COc1ccc(/C=C/C(=O)OCC(=O)N2CCN(S(=O)(=O)c3ccc(C)cc3C)CC2)c(OC)c1. The number of methoxy groups -OCH3 is 2. The van der Waals surface area contributed by atoms with Crippen LogP contribution in [0.1, 0.15) is 16.7 Å². The van der Waals surface area contributed by atoms with E-state index in [1.807, 2.05) is 13.0 Å². The van der Waals surface area contributed by atoms with E-state index in [2.05, 4.69) is 0 Å². The minimum atomic E-state index is -3.65. The average Bonchev–Trinajstić information content (AvgIpc) is 2.85. The van der Waals surface area contributed by atoms with Gasteiger partial charge in [0.15, 0.2) is 6.61 Å². The fourth-order valence-corrected chi connectivity index (χ4v) is 5.42. The van der Waals surface area contributed by atoms with Crippen LogP contribution in [0.3, 0.4) is 0 Å². The van der Waals surface area contributed by atoms with E-state index in [-0.39, 0.29) is 37.0 Å². The average molecular weight is 503 g/mol. The number of amides is 1. The third kappa shape index (κ3) is 6.40. The van der Waals surface area contributed by atoms with E-state index >= 15 is 0 Å². The number of carbonyl (C=O) groups is 2. The molecule has 2 aromatic carbocycles. The van der Waals surface area contributed by atoms with Gasteiger partial charge in [0, 0.05) is 43.9 Å². The van der Waals surface area contributed by atoms with E-state index in [1.165, 1.54) is 28.5 Å². The van der Waals surface area contributed by atoms with Gasteiger partial charge in [-0.1, -0.05) is 17.7 Å². The highest BCUT2D eigenvalue weighted by atomic mass is 32.2. The molecule has 0 atom stereocenters. The van der Waals surface area contributed by atoms with Crippen molar-refractivity contribution in [1.82, 2.24) is 9.21 Å². The summed E-state index contributed by atoms with van der Waals surface area (Å²) in [5.74, 6) is 0.0943.